The summed E-state index contributed by atoms with van der Waals surface area (Å²) < 4.78 is 5.66. The van der Waals surface area contributed by atoms with Crippen LogP contribution < -0.4 is 4.74 Å². The molecule has 0 saturated heterocycles. The van der Waals surface area contributed by atoms with Crippen molar-refractivity contribution in [3.8, 4) is 5.75 Å². The highest BCUT2D eigenvalue weighted by Gasteiger charge is 2.32. The molecule has 2 aromatic carbocycles. The lowest BCUT2D eigenvalue weighted by Gasteiger charge is -2.15. The minimum atomic E-state index is -0.0289. The van der Waals surface area contributed by atoms with E-state index in [2.05, 4.69) is 13.8 Å². The van der Waals surface area contributed by atoms with E-state index >= 15 is 0 Å². The van der Waals surface area contributed by atoms with Gasteiger partial charge in [0.1, 0.15) is 5.75 Å². The van der Waals surface area contributed by atoms with Crippen LogP contribution >= 0.6 is 0 Å². The lowest BCUT2D eigenvalue weighted by molar-refractivity contribution is 0.103. The summed E-state index contributed by atoms with van der Waals surface area (Å²) in [6.45, 7) is 6.96. The van der Waals surface area contributed by atoms with Crippen molar-refractivity contribution in [2.45, 2.75) is 26.2 Å². The van der Waals surface area contributed by atoms with Crippen LogP contribution in [0.1, 0.15) is 40.9 Å². The summed E-state index contributed by atoms with van der Waals surface area (Å²) >= 11 is 0. The van der Waals surface area contributed by atoms with Gasteiger partial charge in [0.25, 0.3) is 0 Å². The molecular formula is C18H18O2. The van der Waals surface area contributed by atoms with Crippen LogP contribution in [0.5, 0.6) is 5.75 Å². The molecule has 0 spiro atoms. The van der Waals surface area contributed by atoms with E-state index in [0.717, 1.165) is 28.0 Å². The van der Waals surface area contributed by atoms with Crippen LogP contribution in [0.25, 0.3) is 0 Å². The highest BCUT2D eigenvalue weighted by atomic mass is 16.5. The molecule has 2 heteroatoms. The van der Waals surface area contributed by atoms with Gasteiger partial charge < -0.3 is 4.74 Å². The second kappa shape index (κ2) is 4.48. The van der Waals surface area contributed by atoms with Crippen LogP contribution in [-0.4, -0.2) is 12.4 Å². The molecule has 1 heterocycles. The molecule has 2 nitrogen and oxygen atoms in total. The fourth-order valence-electron chi connectivity index (χ4n) is 2.53. The van der Waals surface area contributed by atoms with Crippen molar-refractivity contribution in [1.82, 2.24) is 0 Å². The van der Waals surface area contributed by atoms with Crippen LogP contribution in [0.4, 0.5) is 0 Å². The molecule has 0 N–H and O–H groups in total. The minimum Gasteiger partial charge on any atom is -0.492 e. The van der Waals surface area contributed by atoms with Gasteiger partial charge in [-0.15, -0.1) is 0 Å². The Morgan fingerprint density at radius 1 is 1.05 bits per heavy atom. The standard InChI is InChI=1S/C18H18O2/c1-12-4-6-13(7-5-12)17(19)14-8-9-16-15(10-14)18(2,3)11-20-16/h4-10H,11H2,1-3H3. The molecule has 1 aliphatic heterocycles. The summed E-state index contributed by atoms with van der Waals surface area (Å²) in [5, 5.41) is 0. The van der Waals surface area contributed by atoms with Gasteiger partial charge in [-0.2, -0.15) is 0 Å². The zero-order valence-electron chi connectivity index (χ0n) is 12.1. The summed E-state index contributed by atoms with van der Waals surface area (Å²) in [5.74, 6) is 0.964. The van der Waals surface area contributed by atoms with E-state index in [4.69, 9.17) is 4.74 Å². The van der Waals surface area contributed by atoms with Crippen molar-refractivity contribution in [2.75, 3.05) is 6.61 Å². The predicted molar refractivity (Wildman–Crippen MR) is 79.6 cm³/mol. The normalized spacial score (nSPS) is 15.6. The van der Waals surface area contributed by atoms with Gasteiger partial charge in [0.05, 0.1) is 6.61 Å². The van der Waals surface area contributed by atoms with Gasteiger partial charge in [-0.05, 0) is 25.1 Å². The molecule has 2 aromatic rings. The molecule has 0 radical (unpaired) electrons. The van der Waals surface area contributed by atoms with E-state index in [0.29, 0.717) is 6.61 Å². The van der Waals surface area contributed by atoms with Crippen molar-refractivity contribution in [1.29, 1.82) is 0 Å². The number of rotatable bonds is 2. The monoisotopic (exact) mass is 266 g/mol. The zero-order valence-corrected chi connectivity index (χ0v) is 12.1. The van der Waals surface area contributed by atoms with Crippen molar-refractivity contribution in [2.24, 2.45) is 0 Å². The van der Waals surface area contributed by atoms with E-state index in [1.807, 2.05) is 49.4 Å². The summed E-state index contributed by atoms with van der Waals surface area (Å²) in [6.07, 6.45) is 0. The van der Waals surface area contributed by atoms with Crippen LogP contribution in [0, 0.1) is 6.92 Å². The summed E-state index contributed by atoms with van der Waals surface area (Å²) in [7, 11) is 0. The molecule has 0 aromatic heterocycles. The van der Waals surface area contributed by atoms with Gasteiger partial charge in [-0.25, -0.2) is 0 Å². The van der Waals surface area contributed by atoms with Crippen molar-refractivity contribution in [3.05, 3.63) is 64.7 Å². The lowest BCUT2D eigenvalue weighted by atomic mass is 9.85. The molecule has 0 atom stereocenters. The SMILES string of the molecule is Cc1ccc(C(=O)c2ccc3c(c2)C(C)(C)CO3)cc1. The average Bonchev–Trinajstić information content (AvgIpc) is 2.74. The highest BCUT2D eigenvalue weighted by molar-refractivity contribution is 6.09. The molecule has 0 amide bonds. The Balaban J connectivity index is 1.99. The number of ketones is 1. The lowest BCUT2D eigenvalue weighted by Crippen LogP contribution is -2.18. The largest absolute Gasteiger partial charge is 0.492 e. The fraction of sp³-hybridized carbons (Fsp3) is 0.278. The number of fused-ring (bicyclic) bond motifs is 1. The Kier molecular flexibility index (Phi) is 2.89. The van der Waals surface area contributed by atoms with Gasteiger partial charge >= 0.3 is 0 Å². The summed E-state index contributed by atoms with van der Waals surface area (Å²) in [4.78, 5) is 12.5. The minimum absolute atomic E-state index is 0.0289. The number of carbonyl (C=O) groups is 1. The Hall–Kier alpha value is -2.09. The van der Waals surface area contributed by atoms with E-state index < -0.39 is 0 Å². The first-order valence-corrected chi connectivity index (χ1v) is 6.86. The van der Waals surface area contributed by atoms with E-state index in [-0.39, 0.29) is 11.2 Å². The van der Waals surface area contributed by atoms with E-state index in [1.165, 1.54) is 0 Å². The third-order valence-corrected chi connectivity index (χ3v) is 3.87. The zero-order chi connectivity index (χ0) is 14.3. The molecule has 0 aliphatic carbocycles. The highest BCUT2D eigenvalue weighted by Crippen LogP contribution is 2.38. The number of ether oxygens (including phenoxy) is 1. The Morgan fingerprint density at radius 2 is 1.70 bits per heavy atom. The molecule has 0 bridgehead atoms. The molecule has 0 unspecified atom stereocenters. The number of hydrogen-bond acceptors (Lipinski definition) is 2. The summed E-state index contributed by atoms with van der Waals surface area (Å²) in [5.41, 5.74) is 3.71. The van der Waals surface area contributed by atoms with Crippen molar-refractivity contribution < 1.29 is 9.53 Å². The maximum Gasteiger partial charge on any atom is 0.193 e. The van der Waals surface area contributed by atoms with Gasteiger partial charge in [0, 0.05) is 22.1 Å². The number of benzene rings is 2. The third kappa shape index (κ3) is 2.11. The Bertz CT molecular complexity index is 666. The molecule has 0 fully saturated rings. The van der Waals surface area contributed by atoms with Gasteiger partial charge in [-0.3, -0.25) is 4.79 Å². The number of aryl methyl sites for hydroxylation is 1. The molecule has 3 rings (SSSR count). The Morgan fingerprint density at radius 3 is 2.40 bits per heavy atom. The fourth-order valence-corrected chi connectivity index (χ4v) is 2.53. The first-order valence-electron chi connectivity index (χ1n) is 6.86. The smallest absolute Gasteiger partial charge is 0.193 e. The van der Waals surface area contributed by atoms with Crippen LogP contribution in [0.15, 0.2) is 42.5 Å². The second-order valence-corrected chi connectivity index (χ2v) is 6.08. The van der Waals surface area contributed by atoms with Crippen LogP contribution in [-0.2, 0) is 5.41 Å². The molecular weight excluding hydrogens is 248 g/mol. The number of carbonyl (C=O) groups excluding carboxylic acids is 1. The number of hydrogen-bond donors (Lipinski definition) is 0. The quantitative estimate of drug-likeness (QED) is 0.771. The van der Waals surface area contributed by atoms with Gasteiger partial charge in [-0.1, -0.05) is 43.7 Å². The molecule has 0 saturated carbocycles. The Labute approximate surface area is 119 Å². The topological polar surface area (TPSA) is 26.3 Å². The van der Waals surface area contributed by atoms with E-state index in [1.54, 1.807) is 0 Å². The average molecular weight is 266 g/mol. The second-order valence-electron chi connectivity index (χ2n) is 6.08. The predicted octanol–water partition coefficient (Wildman–Crippen LogP) is 3.90. The van der Waals surface area contributed by atoms with Gasteiger partial charge in [0.2, 0.25) is 0 Å². The third-order valence-electron chi connectivity index (χ3n) is 3.87. The van der Waals surface area contributed by atoms with Crippen LogP contribution in [0.2, 0.25) is 0 Å². The molecule has 102 valence electrons. The molecule has 1 aliphatic rings. The summed E-state index contributed by atoms with van der Waals surface area (Å²) in [6, 6.07) is 13.4. The molecule has 20 heavy (non-hydrogen) atoms. The van der Waals surface area contributed by atoms with Crippen molar-refractivity contribution in [3.63, 3.8) is 0 Å². The first kappa shape index (κ1) is 12.9. The van der Waals surface area contributed by atoms with Crippen LogP contribution in [0.3, 0.4) is 0 Å². The maximum atomic E-state index is 12.5. The first-order chi connectivity index (χ1) is 9.47. The van der Waals surface area contributed by atoms with Gasteiger partial charge in [0.15, 0.2) is 5.78 Å². The maximum absolute atomic E-state index is 12.5. The van der Waals surface area contributed by atoms with Crippen molar-refractivity contribution >= 4 is 5.78 Å². The van der Waals surface area contributed by atoms with E-state index in [9.17, 15) is 4.79 Å².